The van der Waals surface area contributed by atoms with Crippen molar-refractivity contribution in [2.75, 3.05) is 12.3 Å². The average molecular weight is 434 g/mol. The summed E-state index contributed by atoms with van der Waals surface area (Å²) in [5.74, 6) is 2.78. The molecule has 3 aromatic rings. The van der Waals surface area contributed by atoms with Gasteiger partial charge in [-0.15, -0.1) is 23.1 Å². The number of nitrogens with one attached hydrogen (secondary N) is 1. The molecule has 1 aromatic heterocycles. The Morgan fingerprint density at radius 3 is 2.48 bits per heavy atom. The summed E-state index contributed by atoms with van der Waals surface area (Å²) in [6.45, 7) is 0.684. The van der Waals surface area contributed by atoms with E-state index in [9.17, 15) is 4.79 Å². The van der Waals surface area contributed by atoms with E-state index in [0.29, 0.717) is 12.1 Å². The highest BCUT2D eigenvalue weighted by Gasteiger charge is 2.05. The van der Waals surface area contributed by atoms with E-state index in [-0.39, 0.29) is 5.91 Å². The van der Waals surface area contributed by atoms with Crippen LogP contribution in [0.4, 0.5) is 0 Å². The van der Waals surface area contributed by atoms with Crippen LogP contribution in [0.25, 0.3) is 0 Å². The maximum atomic E-state index is 12.2. The number of thioether (sulfide) groups is 2. The lowest BCUT2D eigenvalue weighted by atomic mass is 10.1. The SMILES string of the molecule is O=C(NCCSCc1cccs1)c1ccc(CSc2ccc(Cl)cc2)cc1. The first-order valence-electron chi connectivity index (χ1n) is 8.56. The number of carbonyl (C=O) groups is 1. The predicted molar refractivity (Wildman–Crippen MR) is 120 cm³/mol. The standard InChI is InChI=1S/C21H20ClNOS3/c22-18-7-9-19(10-8-18)27-14-16-3-5-17(6-4-16)21(24)23-11-13-25-15-20-2-1-12-26-20/h1-10,12H,11,13-15H2,(H,23,24). The highest BCUT2D eigenvalue weighted by atomic mass is 35.5. The highest BCUT2D eigenvalue weighted by molar-refractivity contribution is 7.98. The van der Waals surface area contributed by atoms with Crippen molar-refractivity contribution in [1.82, 2.24) is 5.32 Å². The molecule has 0 spiro atoms. The Kier molecular flexibility index (Phi) is 8.14. The van der Waals surface area contributed by atoms with Crippen molar-refractivity contribution in [3.8, 4) is 0 Å². The summed E-state index contributed by atoms with van der Waals surface area (Å²) in [7, 11) is 0. The molecule has 0 saturated heterocycles. The van der Waals surface area contributed by atoms with E-state index in [2.05, 4.69) is 22.8 Å². The number of carbonyl (C=O) groups excluding carboxylic acids is 1. The molecule has 0 atom stereocenters. The Hall–Kier alpha value is -1.40. The Labute approximate surface area is 177 Å². The fraction of sp³-hybridized carbons (Fsp3) is 0.190. The molecular weight excluding hydrogens is 414 g/mol. The molecule has 0 radical (unpaired) electrons. The first-order chi connectivity index (χ1) is 13.2. The molecule has 0 saturated carbocycles. The van der Waals surface area contributed by atoms with Crippen LogP contribution in [0.2, 0.25) is 5.02 Å². The summed E-state index contributed by atoms with van der Waals surface area (Å²) in [5.41, 5.74) is 1.90. The summed E-state index contributed by atoms with van der Waals surface area (Å²) in [4.78, 5) is 14.8. The van der Waals surface area contributed by atoms with Crippen molar-refractivity contribution >= 4 is 52.4 Å². The molecule has 0 unspecified atom stereocenters. The molecule has 0 aliphatic carbocycles. The molecule has 0 fully saturated rings. The van der Waals surface area contributed by atoms with Gasteiger partial charge in [-0.25, -0.2) is 0 Å². The number of benzene rings is 2. The molecule has 2 aromatic carbocycles. The largest absolute Gasteiger partial charge is 0.351 e. The molecule has 140 valence electrons. The third kappa shape index (κ3) is 6.92. The van der Waals surface area contributed by atoms with Gasteiger partial charge in [-0.3, -0.25) is 4.79 Å². The maximum absolute atomic E-state index is 12.2. The van der Waals surface area contributed by atoms with Gasteiger partial charge >= 0.3 is 0 Å². The summed E-state index contributed by atoms with van der Waals surface area (Å²) in [6, 6.07) is 19.9. The lowest BCUT2D eigenvalue weighted by Crippen LogP contribution is -2.25. The van der Waals surface area contributed by atoms with Gasteiger partial charge in [0.25, 0.3) is 5.91 Å². The average Bonchev–Trinajstić information content (AvgIpc) is 3.21. The van der Waals surface area contributed by atoms with Crippen LogP contribution in [0.15, 0.2) is 70.9 Å². The van der Waals surface area contributed by atoms with Crippen LogP contribution in [-0.2, 0) is 11.5 Å². The molecule has 3 rings (SSSR count). The van der Waals surface area contributed by atoms with Crippen LogP contribution in [0.5, 0.6) is 0 Å². The molecule has 1 amide bonds. The monoisotopic (exact) mass is 433 g/mol. The van der Waals surface area contributed by atoms with Crippen LogP contribution in [0.3, 0.4) is 0 Å². The first-order valence-corrected chi connectivity index (χ1v) is 12.0. The number of hydrogen-bond acceptors (Lipinski definition) is 4. The minimum Gasteiger partial charge on any atom is -0.351 e. The van der Waals surface area contributed by atoms with Gasteiger partial charge in [0.15, 0.2) is 0 Å². The second-order valence-corrected chi connectivity index (χ2v) is 9.45. The minimum atomic E-state index is -0.0105. The molecule has 0 aliphatic heterocycles. The van der Waals surface area contributed by atoms with Crippen molar-refractivity contribution < 1.29 is 4.79 Å². The van der Waals surface area contributed by atoms with E-state index >= 15 is 0 Å². The maximum Gasteiger partial charge on any atom is 0.251 e. The topological polar surface area (TPSA) is 29.1 Å². The second kappa shape index (κ2) is 10.8. The van der Waals surface area contributed by atoms with E-state index in [1.807, 2.05) is 60.3 Å². The van der Waals surface area contributed by atoms with Gasteiger partial charge in [0.2, 0.25) is 0 Å². The summed E-state index contributed by atoms with van der Waals surface area (Å²) in [5, 5.41) is 5.83. The highest BCUT2D eigenvalue weighted by Crippen LogP contribution is 2.24. The fourth-order valence-electron chi connectivity index (χ4n) is 2.36. The van der Waals surface area contributed by atoms with Gasteiger partial charge in [0, 0.05) is 44.2 Å². The van der Waals surface area contributed by atoms with E-state index < -0.39 is 0 Å². The molecule has 27 heavy (non-hydrogen) atoms. The van der Waals surface area contributed by atoms with Crippen molar-refractivity contribution in [1.29, 1.82) is 0 Å². The van der Waals surface area contributed by atoms with Crippen LogP contribution < -0.4 is 5.32 Å². The number of thiophene rings is 1. The van der Waals surface area contributed by atoms with Gasteiger partial charge in [-0.05, 0) is 53.4 Å². The van der Waals surface area contributed by atoms with E-state index in [1.165, 1.54) is 15.3 Å². The minimum absolute atomic E-state index is 0.0105. The predicted octanol–water partition coefficient (Wildman–Crippen LogP) is 6.36. The molecule has 1 N–H and O–H groups in total. The zero-order valence-electron chi connectivity index (χ0n) is 14.7. The van der Waals surface area contributed by atoms with Crippen LogP contribution in [0.1, 0.15) is 20.8 Å². The number of rotatable bonds is 9. The third-order valence-corrected chi connectivity index (χ3v) is 7.19. The summed E-state index contributed by atoms with van der Waals surface area (Å²) >= 11 is 11.3. The lowest BCUT2D eigenvalue weighted by Gasteiger charge is -2.07. The Balaban J connectivity index is 1.38. The number of hydrogen-bond donors (Lipinski definition) is 1. The molecule has 0 aliphatic rings. The van der Waals surface area contributed by atoms with Gasteiger partial charge in [0.1, 0.15) is 0 Å². The number of amides is 1. The summed E-state index contributed by atoms with van der Waals surface area (Å²) in [6.07, 6.45) is 0. The Morgan fingerprint density at radius 1 is 1.00 bits per heavy atom. The summed E-state index contributed by atoms with van der Waals surface area (Å²) < 4.78 is 0. The molecule has 0 bridgehead atoms. The van der Waals surface area contributed by atoms with Gasteiger partial charge in [-0.1, -0.05) is 29.8 Å². The normalized spacial score (nSPS) is 10.7. The van der Waals surface area contributed by atoms with Gasteiger partial charge in [-0.2, -0.15) is 11.8 Å². The zero-order chi connectivity index (χ0) is 18.9. The van der Waals surface area contributed by atoms with Crippen LogP contribution >= 0.6 is 46.5 Å². The van der Waals surface area contributed by atoms with Crippen molar-refractivity contribution in [2.45, 2.75) is 16.4 Å². The molecule has 2 nitrogen and oxygen atoms in total. The lowest BCUT2D eigenvalue weighted by molar-refractivity contribution is 0.0956. The van der Waals surface area contributed by atoms with E-state index in [4.69, 9.17) is 11.6 Å². The fourth-order valence-corrected chi connectivity index (χ4v) is 5.04. The Bertz CT molecular complexity index is 833. The van der Waals surface area contributed by atoms with Gasteiger partial charge in [0.05, 0.1) is 0 Å². The van der Waals surface area contributed by atoms with Crippen molar-refractivity contribution in [3.05, 3.63) is 87.1 Å². The van der Waals surface area contributed by atoms with Crippen LogP contribution in [0, 0.1) is 0 Å². The van der Waals surface area contributed by atoms with Gasteiger partial charge < -0.3 is 5.32 Å². The smallest absolute Gasteiger partial charge is 0.251 e. The van der Waals surface area contributed by atoms with E-state index in [1.54, 1.807) is 23.1 Å². The molecule has 1 heterocycles. The zero-order valence-corrected chi connectivity index (χ0v) is 17.9. The molecular formula is C21H20ClNOS3. The molecule has 6 heteroatoms. The number of halogens is 1. The van der Waals surface area contributed by atoms with E-state index in [0.717, 1.165) is 22.3 Å². The quantitative estimate of drug-likeness (QED) is 0.314. The Morgan fingerprint density at radius 2 is 1.78 bits per heavy atom. The third-order valence-electron chi connectivity index (χ3n) is 3.79. The van der Waals surface area contributed by atoms with Crippen molar-refractivity contribution in [3.63, 3.8) is 0 Å². The van der Waals surface area contributed by atoms with Crippen molar-refractivity contribution in [2.24, 2.45) is 0 Å². The second-order valence-electron chi connectivity index (χ2n) is 5.83. The van der Waals surface area contributed by atoms with Crippen LogP contribution in [-0.4, -0.2) is 18.2 Å². The first kappa shape index (κ1) is 20.3.